The molecule has 7 rings (SSSR count). The third-order valence-corrected chi connectivity index (χ3v) is 10.9. The molecule has 1 aromatic heterocycles. The van der Waals surface area contributed by atoms with E-state index in [9.17, 15) is 24.0 Å². The zero-order chi connectivity index (χ0) is 36.1. The molecule has 4 aliphatic rings. The van der Waals surface area contributed by atoms with Crippen molar-refractivity contribution in [3.63, 3.8) is 0 Å². The summed E-state index contributed by atoms with van der Waals surface area (Å²) in [6.45, 7) is 5.26. The molecular weight excluding hydrogens is 652 g/mol. The smallest absolute Gasteiger partial charge is 0.255 e. The number of carbonyl (C=O) groups is 4. The van der Waals surface area contributed by atoms with Gasteiger partial charge in [0.2, 0.25) is 17.7 Å². The van der Waals surface area contributed by atoms with Crippen LogP contribution in [0, 0.1) is 0 Å². The van der Waals surface area contributed by atoms with Gasteiger partial charge in [0.25, 0.3) is 11.5 Å². The number of pyridine rings is 1. The lowest BCUT2D eigenvalue weighted by molar-refractivity contribution is -0.137. The Kier molecular flexibility index (Phi) is 9.09. The Morgan fingerprint density at radius 1 is 0.961 bits per heavy atom. The van der Waals surface area contributed by atoms with Gasteiger partial charge < -0.3 is 28.7 Å². The number of piperidine rings is 1. The normalized spacial score (nSPS) is 19.0. The number of likely N-dealkylation sites (tertiary alicyclic amines) is 1. The van der Waals surface area contributed by atoms with Crippen molar-refractivity contribution in [3.8, 4) is 22.6 Å². The van der Waals surface area contributed by atoms with Gasteiger partial charge in [0.1, 0.15) is 17.5 Å². The van der Waals surface area contributed by atoms with Crippen molar-refractivity contribution < 1.29 is 28.7 Å². The molecule has 4 aliphatic heterocycles. The van der Waals surface area contributed by atoms with E-state index < -0.39 is 11.9 Å². The molecule has 0 bridgehead atoms. The average Bonchev–Trinajstić information content (AvgIpc) is 3.44. The van der Waals surface area contributed by atoms with Gasteiger partial charge in [0.15, 0.2) is 0 Å². The number of ether oxygens (including phenoxy) is 2. The first-order chi connectivity index (χ1) is 24.5. The van der Waals surface area contributed by atoms with Gasteiger partial charge in [-0.25, -0.2) is 0 Å². The first-order valence-electron chi connectivity index (χ1n) is 17.5. The van der Waals surface area contributed by atoms with E-state index in [-0.39, 0.29) is 35.7 Å². The summed E-state index contributed by atoms with van der Waals surface area (Å²) in [7, 11) is 7.07. The SMILES string of the molecule is CCC(=O)N1CCc2c(-c3cc(OC)c(CN4CC(N(C)c5ccc6c(c5)C(=O)N(C5CCC(=O)NC5=O)C6)C4)c(OC)c3)cn(C)c(=O)c2C1. The van der Waals surface area contributed by atoms with Crippen LogP contribution in [0.5, 0.6) is 11.5 Å². The summed E-state index contributed by atoms with van der Waals surface area (Å²) in [4.78, 5) is 70.9. The van der Waals surface area contributed by atoms with Crippen LogP contribution in [0.4, 0.5) is 5.69 Å². The van der Waals surface area contributed by atoms with Gasteiger partial charge in [0, 0.05) is 88.2 Å². The number of nitrogens with zero attached hydrogens (tertiary/aromatic N) is 5. The molecule has 0 saturated carbocycles. The number of anilines is 1. The molecule has 1 unspecified atom stereocenters. The van der Waals surface area contributed by atoms with Crippen molar-refractivity contribution in [1.82, 2.24) is 24.6 Å². The minimum atomic E-state index is -0.637. The van der Waals surface area contributed by atoms with E-state index in [0.29, 0.717) is 68.1 Å². The van der Waals surface area contributed by atoms with E-state index in [1.807, 2.05) is 50.5 Å². The monoisotopic (exact) mass is 696 g/mol. The lowest BCUT2D eigenvalue weighted by atomic mass is 9.91. The molecule has 5 heterocycles. The zero-order valence-corrected chi connectivity index (χ0v) is 29.8. The van der Waals surface area contributed by atoms with E-state index in [2.05, 4.69) is 15.1 Å². The third-order valence-electron chi connectivity index (χ3n) is 10.9. The Hall–Kier alpha value is -5.17. The maximum atomic E-state index is 13.4. The summed E-state index contributed by atoms with van der Waals surface area (Å²) in [5.41, 5.74) is 6.68. The first kappa shape index (κ1) is 34.3. The Labute approximate surface area is 296 Å². The number of hydrogen-bond donors (Lipinski definition) is 1. The van der Waals surface area contributed by atoms with Gasteiger partial charge in [-0.15, -0.1) is 0 Å². The standard InChI is InChI=1S/C38H44N6O7/c1-6-35(46)43-12-11-26-28(19-40(2)37(48)29(26)21-43)23-13-32(50-4)30(33(14-23)51-5)20-42-17-25(18-42)41(3)24-8-7-22-16-44(38(49)27(22)15-24)31-9-10-34(45)39-36(31)47/h7-8,13-15,19,25,31H,6,9-12,16-18,20-21H2,1-5H3,(H,39,45,47). The highest BCUT2D eigenvalue weighted by Crippen LogP contribution is 2.39. The van der Waals surface area contributed by atoms with Gasteiger partial charge in [-0.05, 0) is 53.8 Å². The third kappa shape index (κ3) is 6.13. The van der Waals surface area contributed by atoms with E-state index in [1.165, 1.54) is 0 Å². The molecule has 13 heteroatoms. The van der Waals surface area contributed by atoms with Crippen LogP contribution in [0.25, 0.3) is 11.1 Å². The Balaban J connectivity index is 1.05. The molecule has 2 saturated heterocycles. The lowest BCUT2D eigenvalue weighted by Crippen LogP contribution is -2.58. The van der Waals surface area contributed by atoms with Crippen LogP contribution < -0.4 is 25.2 Å². The highest BCUT2D eigenvalue weighted by Gasteiger charge is 2.40. The summed E-state index contributed by atoms with van der Waals surface area (Å²) >= 11 is 0. The minimum absolute atomic E-state index is 0.0426. The van der Waals surface area contributed by atoms with Crippen LogP contribution >= 0.6 is 0 Å². The summed E-state index contributed by atoms with van der Waals surface area (Å²) in [5, 5.41) is 2.36. The number of rotatable bonds is 9. The van der Waals surface area contributed by atoms with E-state index in [1.54, 1.807) is 35.6 Å². The largest absolute Gasteiger partial charge is 0.496 e. The molecular formula is C38H44N6O7. The second-order valence-corrected chi connectivity index (χ2v) is 13.9. The molecule has 1 N–H and O–H groups in total. The summed E-state index contributed by atoms with van der Waals surface area (Å²) in [5.74, 6) is 0.540. The number of likely N-dealkylation sites (N-methyl/N-ethyl adjacent to an activating group) is 1. The number of aryl methyl sites for hydroxylation is 1. The van der Waals surface area contributed by atoms with Crippen LogP contribution in [0.15, 0.2) is 41.3 Å². The molecule has 4 amide bonds. The summed E-state index contributed by atoms with van der Waals surface area (Å²) in [6.07, 6.45) is 3.42. The number of imide groups is 1. The topological polar surface area (TPSA) is 134 Å². The fraction of sp³-hybridized carbons (Fsp3) is 0.447. The number of aromatic nitrogens is 1. The first-order valence-corrected chi connectivity index (χ1v) is 17.5. The molecule has 1 atom stereocenters. The van der Waals surface area contributed by atoms with E-state index >= 15 is 0 Å². The number of benzene rings is 2. The van der Waals surface area contributed by atoms with Crippen molar-refractivity contribution in [1.29, 1.82) is 0 Å². The number of carbonyl (C=O) groups excluding carboxylic acids is 4. The van der Waals surface area contributed by atoms with Crippen molar-refractivity contribution >= 4 is 29.3 Å². The fourth-order valence-electron chi connectivity index (χ4n) is 7.89. The number of hydrogen-bond acceptors (Lipinski definition) is 9. The molecule has 3 aromatic rings. The average molecular weight is 697 g/mol. The quantitative estimate of drug-likeness (QED) is 0.335. The molecule has 0 aliphatic carbocycles. The molecule has 2 fully saturated rings. The molecule has 13 nitrogen and oxygen atoms in total. The maximum absolute atomic E-state index is 13.4. The number of fused-ring (bicyclic) bond motifs is 2. The van der Waals surface area contributed by atoms with E-state index in [0.717, 1.165) is 46.6 Å². The van der Waals surface area contributed by atoms with Gasteiger partial charge in [0.05, 0.1) is 32.4 Å². The molecule has 268 valence electrons. The summed E-state index contributed by atoms with van der Waals surface area (Å²) < 4.78 is 13.4. The molecule has 51 heavy (non-hydrogen) atoms. The van der Waals surface area contributed by atoms with Gasteiger partial charge in [-0.1, -0.05) is 13.0 Å². The number of amides is 4. The fourth-order valence-corrected chi connectivity index (χ4v) is 7.89. The van der Waals surface area contributed by atoms with Crippen LogP contribution in [0.3, 0.4) is 0 Å². The minimum Gasteiger partial charge on any atom is -0.496 e. The van der Waals surface area contributed by atoms with Gasteiger partial charge >= 0.3 is 0 Å². The predicted molar refractivity (Wildman–Crippen MR) is 190 cm³/mol. The highest BCUT2D eigenvalue weighted by atomic mass is 16.5. The van der Waals surface area contributed by atoms with Crippen molar-refractivity contribution in [2.75, 3.05) is 45.8 Å². The molecule has 0 spiro atoms. The number of nitrogens with one attached hydrogen (secondary N) is 1. The van der Waals surface area contributed by atoms with Crippen LogP contribution in [-0.4, -0.2) is 95.9 Å². The maximum Gasteiger partial charge on any atom is 0.255 e. The second-order valence-electron chi connectivity index (χ2n) is 13.9. The van der Waals surface area contributed by atoms with Crippen molar-refractivity contribution in [2.45, 2.75) is 64.3 Å². The summed E-state index contributed by atoms with van der Waals surface area (Å²) in [6, 6.07) is 9.48. The zero-order valence-electron chi connectivity index (χ0n) is 29.8. The molecule has 2 aromatic carbocycles. The second kappa shape index (κ2) is 13.5. The van der Waals surface area contributed by atoms with Crippen molar-refractivity contribution in [2.24, 2.45) is 7.05 Å². The molecule has 0 radical (unpaired) electrons. The predicted octanol–water partition coefficient (Wildman–Crippen LogP) is 2.45. The van der Waals surface area contributed by atoms with Crippen LogP contribution in [-0.2, 0) is 47.5 Å². The Bertz CT molecular complexity index is 1980. The Morgan fingerprint density at radius 3 is 2.35 bits per heavy atom. The van der Waals surface area contributed by atoms with Crippen molar-refractivity contribution in [3.05, 3.63) is 74.7 Å². The number of methoxy groups -OCH3 is 2. The highest BCUT2D eigenvalue weighted by molar-refractivity contribution is 6.05. The lowest BCUT2D eigenvalue weighted by Gasteiger charge is -2.45. The van der Waals surface area contributed by atoms with Crippen LogP contribution in [0.2, 0.25) is 0 Å². The van der Waals surface area contributed by atoms with Gasteiger partial charge in [-0.2, -0.15) is 0 Å². The van der Waals surface area contributed by atoms with Gasteiger partial charge in [-0.3, -0.25) is 34.2 Å². The van der Waals surface area contributed by atoms with E-state index in [4.69, 9.17) is 9.47 Å². The van der Waals surface area contributed by atoms with Crippen LogP contribution in [0.1, 0.15) is 58.8 Å². The Morgan fingerprint density at radius 2 is 1.69 bits per heavy atom.